The first-order chi connectivity index (χ1) is 8.58. The number of rotatable bonds is 3. The lowest BCUT2D eigenvalue weighted by Gasteiger charge is -2.18. The summed E-state index contributed by atoms with van der Waals surface area (Å²) >= 11 is 3.31. The standard InChI is InChI=1S/C13H13BrN2O2/c14-8-3-4-9-10(5-8)13(18)16(12(9)17)6-11(15)7-1-2-7/h3-5,7,11H,1-2,6,15H2. The molecule has 1 heterocycles. The first-order valence-corrected chi connectivity index (χ1v) is 6.78. The normalized spacial score (nSPS) is 20.2. The summed E-state index contributed by atoms with van der Waals surface area (Å²) in [5, 5.41) is 0. The van der Waals surface area contributed by atoms with Crippen LogP contribution >= 0.6 is 15.9 Å². The van der Waals surface area contributed by atoms with E-state index < -0.39 is 0 Å². The van der Waals surface area contributed by atoms with Gasteiger partial charge in [0.25, 0.3) is 11.8 Å². The summed E-state index contributed by atoms with van der Waals surface area (Å²) in [4.78, 5) is 25.6. The smallest absolute Gasteiger partial charge is 0.261 e. The van der Waals surface area contributed by atoms with Gasteiger partial charge in [0.05, 0.1) is 11.1 Å². The fraction of sp³-hybridized carbons (Fsp3) is 0.385. The minimum Gasteiger partial charge on any atom is -0.326 e. The largest absolute Gasteiger partial charge is 0.326 e. The molecule has 1 atom stereocenters. The fourth-order valence-electron chi connectivity index (χ4n) is 2.31. The molecule has 1 unspecified atom stereocenters. The van der Waals surface area contributed by atoms with Crippen molar-refractivity contribution < 1.29 is 9.59 Å². The summed E-state index contributed by atoms with van der Waals surface area (Å²) < 4.78 is 0.802. The van der Waals surface area contributed by atoms with E-state index in [4.69, 9.17) is 5.73 Å². The van der Waals surface area contributed by atoms with Gasteiger partial charge in [-0.25, -0.2) is 0 Å². The van der Waals surface area contributed by atoms with Crippen molar-refractivity contribution in [1.29, 1.82) is 0 Å². The average Bonchev–Trinajstić information content (AvgIpc) is 3.15. The van der Waals surface area contributed by atoms with Crippen molar-refractivity contribution >= 4 is 27.7 Å². The maximum Gasteiger partial charge on any atom is 0.261 e. The van der Waals surface area contributed by atoms with Crippen LogP contribution in [-0.2, 0) is 0 Å². The summed E-state index contributed by atoms with van der Waals surface area (Å²) in [6.45, 7) is 0.328. The van der Waals surface area contributed by atoms with Crippen molar-refractivity contribution in [1.82, 2.24) is 4.90 Å². The van der Waals surface area contributed by atoms with Gasteiger partial charge in [0, 0.05) is 17.1 Å². The number of halogens is 1. The van der Waals surface area contributed by atoms with Crippen molar-refractivity contribution in [3.63, 3.8) is 0 Å². The lowest BCUT2D eigenvalue weighted by molar-refractivity contribution is 0.0641. The Balaban J connectivity index is 1.86. The van der Waals surface area contributed by atoms with Crippen LogP contribution in [0.2, 0.25) is 0 Å². The monoisotopic (exact) mass is 308 g/mol. The highest BCUT2D eigenvalue weighted by molar-refractivity contribution is 9.10. The lowest BCUT2D eigenvalue weighted by Crippen LogP contribution is -2.41. The number of hydrogen-bond acceptors (Lipinski definition) is 3. The molecular weight excluding hydrogens is 296 g/mol. The van der Waals surface area contributed by atoms with Gasteiger partial charge in [-0.2, -0.15) is 0 Å². The fourth-order valence-corrected chi connectivity index (χ4v) is 2.67. The Morgan fingerprint density at radius 3 is 2.61 bits per heavy atom. The molecule has 1 aromatic carbocycles. The highest BCUT2D eigenvalue weighted by Gasteiger charge is 2.39. The molecule has 0 radical (unpaired) electrons. The number of amides is 2. The van der Waals surface area contributed by atoms with Gasteiger partial charge in [-0.05, 0) is 37.0 Å². The Kier molecular flexibility index (Phi) is 2.75. The minimum atomic E-state index is -0.229. The molecule has 2 amide bonds. The van der Waals surface area contributed by atoms with Crippen LogP contribution in [0.5, 0.6) is 0 Å². The van der Waals surface area contributed by atoms with Gasteiger partial charge in [0.15, 0.2) is 0 Å². The van der Waals surface area contributed by atoms with Crippen LogP contribution in [0.25, 0.3) is 0 Å². The van der Waals surface area contributed by atoms with E-state index in [0.717, 1.165) is 17.3 Å². The zero-order valence-electron chi connectivity index (χ0n) is 9.73. The molecule has 4 nitrogen and oxygen atoms in total. The van der Waals surface area contributed by atoms with Crippen LogP contribution in [0.1, 0.15) is 33.6 Å². The molecule has 18 heavy (non-hydrogen) atoms. The Bertz CT molecular complexity index is 540. The molecule has 1 saturated carbocycles. The van der Waals surface area contributed by atoms with Crippen LogP contribution in [-0.4, -0.2) is 29.3 Å². The van der Waals surface area contributed by atoms with E-state index in [-0.39, 0.29) is 17.9 Å². The lowest BCUT2D eigenvalue weighted by atomic mass is 10.1. The van der Waals surface area contributed by atoms with Gasteiger partial charge in [0.2, 0.25) is 0 Å². The number of nitrogens with two attached hydrogens (primary N) is 1. The molecule has 94 valence electrons. The van der Waals surface area contributed by atoms with Crippen LogP contribution in [0.4, 0.5) is 0 Å². The van der Waals surface area contributed by atoms with Gasteiger partial charge in [0.1, 0.15) is 0 Å². The zero-order chi connectivity index (χ0) is 12.9. The van der Waals surface area contributed by atoms with Crippen LogP contribution in [0.3, 0.4) is 0 Å². The van der Waals surface area contributed by atoms with Gasteiger partial charge in [-0.1, -0.05) is 15.9 Å². The number of carbonyl (C=O) groups is 2. The minimum absolute atomic E-state index is 0.0874. The molecule has 2 N–H and O–H groups in total. The quantitative estimate of drug-likeness (QED) is 0.866. The highest BCUT2D eigenvalue weighted by Crippen LogP contribution is 2.33. The molecule has 1 aliphatic carbocycles. The van der Waals surface area contributed by atoms with E-state index in [0.29, 0.717) is 23.6 Å². The van der Waals surface area contributed by atoms with E-state index in [1.165, 1.54) is 4.90 Å². The molecule has 1 aromatic rings. The highest BCUT2D eigenvalue weighted by atomic mass is 79.9. The van der Waals surface area contributed by atoms with Gasteiger partial charge >= 0.3 is 0 Å². The topological polar surface area (TPSA) is 63.4 Å². The molecule has 0 saturated heterocycles. The Labute approximate surface area is 113 Å². The van der Waals surface area contributed by atoms with Crippen molar-refractivity contribution in [2.24, 2.45) is 11.7 Å². The molecule has 5 heteroatoms. The summed E-state index contributed by atoms with van der Waals surface area (Å²) in [7, 11) is 0. The number of carbonyl (C=O) groups excluding carboxylic acids is 2. The first kappa shape index (κ1) is 11.9. The third-order valence-electron chi connectivity index (χ3n) is 3.55. The number of fused-ring (bicyclic) bond motifs is 1. The second-order valence-electron chi connectivity index (χ2n) is 4.91. The van der Waals surface area contributed by atoms with Crippen molar-refractivity contribution in [3.8, 4) is 0 Å². The van der Waals surface area contributed by atoms with E-state index in [1.54, 1.807) is 18.2 Å². The number of hydrogen-bond donors (Lipinski definition) is 1. The summed E-state index contributed by atoms with van der Waals surface area (Å²) in [6, 6.07) is 5.06. The SMILES string of the molecule is NC(CN1C(=O)c2ccc(Br)cc2C1=O)C1CC1. The molecule has 1 aliphatic heterocycles. The molecule has 3 rings (SSSR count). The third-order valence-corrected chi connectivity index (χ3v) is 4.05. The summed E-state index contributed by atoms with van der Waals surface area (Å²) in [6.07, 6.45) is 2.21. The van der Waals surface area contributed by atoms with E-state index >= 15 is 0 Å². The van der Waals surface area contributed by atoms with Crippen LogP contribution in [0, 0.1) is 5.92 Å². The third kappa shape index (κ3) is 1.87. The van der Waals surface area contributed by atoms with E-state index in [1.807, 2.05) is 0 Å². The summed E-state index contributed by atoms with van der Waals surface area (Å²) in [5.74, 6) is 0.0204. The van der Waals surface area contributed by atoms with Crippen LogP contribution < -0.4 is 5.73 Å². The van der Waals surface area contributed by atoms with Crippen molar-refractivity contribution in [3.05, 3.63) is 33.8 Å². The molecule has 2 aliphatic rings. The molecule has 0 aromatic heterocycles. The second kappa shape index (κ2) is 4.17. The molecule has 1 fully saturated rings. The second-order valence-corrected chi connectivity index (χ2v) is 5.83. The van der Waals surface area contributed by atoms with Gasteiger partial charge in [-0.15, -0.1) is 0 Å². The van der Waals surface area contributed by atoms with E-state index in [9.17, 15) is 9.59 Å². The van der Waals surface area contributed by atoms with Gasteiger partial charge in [-0.3, -0.25) is 14.5 Å². The maximum absolute atomic E-state index is 12.2. The predicted octanol–water partition coefficient (Wildman–Crippen LogP) is 1.78. The van der Waals surface area contributed by atoms with Crippen molar-refractivity contribution in [2.45, 2.75) is 18.9 Å². The van der Waals surface area contributed by atoms with Gasteiger partial charge < -0.3 is 5.73 Å². The summed E-state index contributed by atoms with van der Waals surface area (Å²) in [5.41, 5.74) is 6.94. The molecule has 0 bridgehead atoms. The molecular formula is C13H13BrN2O2. The van der Waals surface area contributed by atoms with Crippen molar-refractivity contribution in [2.75, 3.05) is 6.54 Å². The Hall–Kier alpha value is -1.20. The zero-order valence-corrected chi connectivity index (χ0v) is 11.3. The maximum atomic E-state index is 12.2. The number of benzene rings is 1. The molecule has 0 spiro atoms. The Morgan fingerprint density at radius 2 is 1.94 bits per heavy atom. The first-order valence-electron chi connectivity index (χ1n) is 5.99. The van der Waals surface area contributed by atoms with Crippen LogP contribution in [0.15, 0.2) is 22.7 Å². The average molecular weight is 309 g/mol. The number of imide groups is 1. The number of nitrogens with zero attached hydrogens (tertiary/aromatic N) is 1. The predicted molar refractivity (Wildman–Crippen MR) is 70.2 cm³/mol. The Morgan fingerprint density at radius 1 is 1.28 bits per heavy atom. The van der Waals surface area contributed by atoms with E-state index in [2.05, 4.69) is 15.9 Å².